The largest absolute Gasteiger partial charge is 0.467 e. The zero-order chi connectivity index (χ0) is 18.2. The molecule has 0 aromatic heterocycles. The summed E-state index contributed by atoms with van der Waals surface area (Å²) in [6.07, 6.45) is 1.92. The first-order valence-corrected chi connectivity index (χ1v) is 8.68. The summed E-state index contributed by atoms with van der Waals surface area (Å²) in [6.45, 7) is 4.21. The quantitative estimate of drug-likeness (QED) is 0.799. The fraction of sp³-hybridized carbons (Fsp3) is 0.579. The maximum atomic E-state index is 12.1. The van der Waals surface area contributed by atoms with Gasteiger partial charge in [-0.2, -0.15) is 0 Å². The highest BCUT2D eigenvalue weighted by molar-refractivity contribution is 5.81. The number of alkyl carbamates (subject to hydrolysis) is 1. The van der Waals surface area contributed by atoms with Crippen LogP contribution in [0.1, 0.15) is 38.7 Å². The average Bonchev–Trinajstić information content (AvgIpc) is 2.58. The van der Waals surface area contributed by atoms with Gasteiger partial charge in [0, 0.05) is 0 Å². The Labute approximate surface area is 148 Å². The van der Waals surface area contributed by atoms with Crippen LogP contribution in [-0.4, -0.2) is 37.4 Å². The molecule has 138 valence electrons. The van der Waals surface area contributed by atoms with Crippen molar-refractivity contribution in [2.24, 2.45) is 5.92 Å². The summed E-state index contributed by atoms with van der Waals surface area (Å²) in [5.74, 6) is -0.166. The molecule has 2 rings (SSSR count). The molecule has 1 N–H and O–H groups in total. The van der Waals surface area contributed by atoms with Gasteiger partial charge in [-0.3, -0.25) is 0 Å². The van der Waals surface area contributed by atoms with E-state index in [0.717, 1.165) is 18.4 Å². The van der Waals surface area contributed by atoms with Crippen LogP contribution in [0.4, 0.5) is 4.79 Å². The molecule has 1 aliphatic heterocycles. The first-order chi connectivity index (χ1) is 12.0. The van der Waals surface area contributed by atoms with Gasteiger partial charge in [0.05, 0.1) is 19.3 Å². The Balaban J connectivity index is 1.88. The van der Waals surface area contributed by atoms with Crippen molar-refractivity contribution in [3.63, 3.8) is 0 Å². The summed E-state index contributed by atoms with van der Waals surface area (Å²) in [5, 5.41) is 2.64. The second-order valence-corrected chi connectivity index (χ2v) is 6.61. The third-order valence-corrected chi connectivity index (χ3v) is 4.35. The van der Waals surface area contributed by atoms with Crippen LogP contribution >= 0.6 is 0 Å². The van der Waals surface area contributed by atoms with E-state index in [1.54, 1.807) is 0 Å². The van der Waals surface area contributed by atoms with E-state index < -0.39 is 18.1 Å². The normalized spacial score (nSPS) is 24.2. The van der Waals surface area contributed by atoms with Gasteiger partial charge in [-0.15, -0.1) is 0 Å². The molecule has 0 spiro atoms. The van der Waals surface area contributed by atoms with Crippen molar-refractivity contribution in [2.75, 3.05) is 7.11 Å². The Bertz CT molecular complexity index is 552. The fourth-order valence-corrected chi connectivity index (χ4v) is 3.33. The van der Waals surface area contributed by atoms with Crippen molar-refractivity contribution in [3.8, 4) is 0 Å². The molecule has 1 aliphatic rings. The second-order valence-electron chi connectivity index (χ2n) is 6.61. The Morgan fingerprint density at radius 2 is 1.84 bits per heavy atom. The minimum Gasteiger partial charge on any atom is -0.467 e. The molecule has 6 nitrogen and oxygen atoms in total. The van der Waals surface area contributed by atoms with Crippen molar-refractivity contribution >= 4 is 12.1 Å². The number of hydrogen-bond acceptors (Lipinski definition) is 5. The number of hydrogen-bond donors (Lipinski definition) is 1. The third-order valence-electron chi connectivity index (χ3n) is 4.35. The molecule has 0 radical (unpaired) electrons. The van der Waals surface area contributed by atoms with Crippen LogP contribution in [0.15, 0.2) is 30.3 Å². The number of ether oxygens (including phenoxy) is 3. The van der Waals surface area contributed by atoms with Gasteiger partial charge >= 0.3 is 12.1 Å². The number of carbonyl (C=O) groups is 2. The van der Waals surface area contributed by atoms with E-state index in [4.69, 9.17) is 14.2 Å². The molecule has 1 saturated heterocycles. The monoisotopic (exact) mass is 349 g/mol. The number of amides is 1. The van der Waals surface area contributed by atoms with E-state index in [1.165, 1.54) is 7.11 Å². The van der Waals surface area contributed by atoms with Crippen molar-refractivity contribution in [3.05, 3.63) is 35.9 Å². The van der Waals surface area contributed by atoms with Gasteiger partial charge in [0.1, 0.15) is 12.6 Å². The van der Waals surface area contributed by atoms with Crippen LogP contribution in [0.2, 0.25) is 0 Å². The molecule has 1 aromatic carbocycles. The van der Waals surface area contributed by atoms with Gasteiger partial charge in [-0.25, -0.2) is 9.59 Å². The molecule has 6 heteroatoms. The smallest absolute Gasteiger partial charge is 0.408 e. The van der Waals surface area contributed by atoms with Crippen LogP contribution < -0.4 is 5.32 Å². The predicted octanol–water partition coefficient (Wildman–Crippen LogP) is 3.05. The summed E-state index contributed by atoms with van der Waals surface area (Å²) in [6, 6.07) is 8.68. The minimum atomic E-state index is -0.712. The molecule has 4 atom stereocenters. The standard InChI is InChI=1S/C19H27NO5/c1-13-9-16(10-14(2)25-13)11-17(18(21)23-3)20-19(22)24-12-15-7-5-4-6-8-15/h4-8,13-14,16-17H,9-12H2,1-3H3,(H,20,22)/t13-,14+,16+,17-/m0/s1. The molecule has 0 saturated carbocycles. The Morgan fingerprint density at radius 1 is 1.20 bits per heavy atom. The van der Waals surface area contributed by atoms with Crippen LogP contribution in [-0.2, 0) is 25.6 Å². The summed E-state index contributed by atoms with van der Waals surface area (Å²) in [5.41, 5.74) is 0.888. The molecular formula is C19H27NO5. The Kier molecular flexibility index (Phi) is 7.25. The lowest BCUT2D eigenvalue weighted by molar-refractivity contribution is -0.144. The first-order valence-electron chi connectivity index (χ1n) is 8.68. The summed E-state index contributed by atoms with van der Waals surface area (Å²) in [7, 11) is 1.32. The summed E-state index contributed by atoms with van der Waals surface area (Å²) >= 11 is 0. The van der Waals surface area contributed by atoms with Crippen molar-refractivity contribution in [1.82, 2.24) is 5.32 Å². The number of esters is 1. The van der Waals surface area contributed by atoms with Crippen LogP contribution in [0.3, 0.4) is 0 Å². The van der Waals surface area contributed by atoms with Gasteiger partial charge in [-0.1, -0.05) is 30.3 Å². The van der Waals surface area contributed by atoms with E-state index in [9.17, 15) is 9.59 Å². The van der Waals surface area contributed by atoms with Gasteiger partial charge < -0.3 is 19.5 Å². The Hall–Kier alpha value is -2.08. The van der Waals surface area contributed by atoms with E-state index >= 15 is 0 Å². The van der Waals surface area contributed by atoms with Crippen molar-refractivity contribution < 1.29 is 23.8 Å². The lowest BCUT2D eigenvalue weighted by atomic mass is 9.87. The minimum absolute atomic E-state index is 0.150. The maximum absolute atomic E-state index is 12.1. The van der Waals surface area contributed by atoms with Crippen molar-refractivity contribution in [1.29, 1.82) is 0 Å². The molecule has 0 unspecified atom stereocenters. The van der Waals surface area contributed by atoms with Gasteiger partial charge in [-0.05, 0) is 44.6 Å². The van der Waals surface area contributed by atoms with E-state index in [0.29, 0.717) is 6.42 Å². The predicted molar refractivity (Wildman–Crippen MR) is 92.9 cm³/mol. The lowest BCUT2D eigenvalue weighted by Crippen LogP contribution is -2.44. The Morgan fingerprint density at radius 3 is 2.44 bits per heavy atom. The highest BCUT2D eigenvalue weighted by atomic mass is 16.6. The van der Waals surface area contributed by atoms with Gasteiger partial charge in [0.15, 0.2) is 0 Å². The molecule has 0 aliphatic carbocycles. The van der Waals surface area contributed by atoms with E-state index in [2.05, 4.69) is 5.32 Å². The molecule has 1 heterocycles. The number of carbonyl (C=O) groups excluding carboxylic acids is 2. The third kappa shape index (κ3) is 6.38. The number of rotatable bonds is 6. The van der Waals surface area contributed by atoms with Crippen molar-refractivity contribution in [2.45, 2.75) is 58.0 Å². The number of benzene rings is 1. The summed E-state index contributed by atoms with van der Waals surface area (Å²) < 4.78 is 15.8. The molecule has 25 heavy (non-hydrogen) atoms. The van der Waals surface area contributed by atoms with Gasteiger partial charge in [0.25, 0.3) is 0 Å². The lowest BCUT2D eigenvalue weighted by Gasteiger charge is -2.33. The van der Waals surface area contributed by atoms with Gasteiger partial charge in [0.2, 0.25) is 0 Å². The van der Waals surface area contributed by atoms with Crippen LogP contribution in [0, 0.1) is 5.92 Å². The van der Waals surface area contributed by atoms with Crippen LogP contribution in [0.25, 0.3) is 0 Å². The SMILES string of the molecule is COC(=O)[C@H](C[C@H]1C[C@@H](C)O[C@@H](C)C1)NC(=O)OCc1ccccc1. The molecule has 0 bridgehead atoms. The van der Waals surface area contributed by atoms with Crippen LogP contribution in [0.5, 0.6) is 0 Å². The molecule has 1 aromatic rings. The first kappa shape index (κ1) is 19.2. The average molecular weight is 349 g/mol. The number of methoxy groups -OCH3 is 1. The number of nitrogens with one attached hydrogen (secondary N) is 1. The van der Waals surface area contributed by atoms with E-state index in [-0.39, 0.29) is 24.7 Å². The molecule has 1 amide bonds. The summed E-state index contributed by atoms with van der Waals surface area (Å²) in [4.78, 5) is 24.1. The zero-order valence-corrected chi connectivity index (χ0v) is 15.1. The fourth-order valence-electron chi connectivity index (χ4n) is 3.33. The molecular weight excluding hydrogens is 322 g/mol. The highest BCUT2D eigenvalue weighted by Crippen LogP contribution is 2.28. The maximum Gasteiger partial charge on any atom is 0.408 e. The zero-order valence-electron chi connectivity index (χ0n) is 15.1. The molecule has 1 fully saturated rings. The highest BCUT2D eigenvalue weighted by Gasteiger charge is 2.31. The topological polar surface area (TPSA) is 73.9 Å². The second kappa shape index (κ2) is 9.42. The van der Waals surface area contributed by atoms with E-state index in [1.807, 2.05) is 44.2 Å².